The Hall–Kier alpha value is 0.190. The number of sulfonamides is 1. The van der Waals surface area contributed by atoms with Crippen molar-refractivity contribution in [3.63, 3.8) is 0 Å². The van der Waals surface area contributed by atoms with Gasteiger partial charge in [-0.05, 0) is 31.0 Å². The Morgan fingerprint density at radius 2 is 1.89 bits per heavy atom. The fourth-order valence-corrected chi connectivity index (χ4v) is 3.51. The quantitative estimate of drug-likeness (QED) is 0.798. The Morgan fingerprint density at radius 1 is 1.28 bits per heavy atom. The number of nitrogens with one attached hydrogen (secondary N) is 1. The van der Waals surface area contributed by atoms with Gasteiger partial charge in [0, 0.05) is 11.4 Å². The van der Waals surface area contributed by atoms with Crippen LogP contribution in [0.4, 0.5) is 0 Å². The maximum absolute atomic E-state index is 12.1. The normalized spacial score (nSPS) is 15.4. The van der Waals surface area contributed by atoms with E-state index in [0.717, 1.165) is 5.33 Å². The molecule has 2 unspecified atom stereocenters. The van der Waals surface area contributed by atoms with E-state index < -0.39 is 10.0 Å². The van der Waals surface area contributed by atoms with E-state index in [4.69, 9.17) is 23.2 Å². The SMILES string of the molecule is CC(CBr)C(C)NS(=O)(=O)c1ccc(Cl)c(Cl)c1. The number of hydrogen-bond acceptors (Lipinski definition) is 2. The maximum Gasteiger partial charge on any atom is 0.240 e. The minimum atomic E-state index is -3.57. The molecule has 0 radical (unpaired) electrons. The largest absolute Gasteiger partial charge is 0.240 e. The molecule has 18 heavy (non-hydrogen) atoms. The van der Waals surface area contributed by atoms with Gasteiger partial charge in [0.25, 0.3) is 0 Å². The first-order valence-corrected chi connectivity index (χ1v) is 8.67. The van der Waals surface area contributed by atoms with E-state index in [0.29, 0.717) is 5.02 Å². The van der Waals surface area contributed by atoms with Crippen molar-refractivity contribution in [3.05, 3.63) is 28.2 Å². The minimum Gasteiger partial charge on any atom is -0.208 e. The summed E-state index contributed by atoms with van der Waals surface area (Å²) >= 11 is 14.9. The molecule has 0 saturated heterocycles. The summed E-state index contributed by atoms with van der Waals surface area (Å²) < 4.78 is 26.8. The summed E-state index contributed by atoms with van der Waals surface area (Å²) in [5.41, 5.74) is 0. The molecule has 0 aliphatic carbocycles. The van der Waals surface area contributed by atoms with E-state index in [1.165, 1.54) is 18.2 Å². The number of rotatable bonds is 5. The zero-order valence-electron chi connectivity index (χ0n) is 9.95. The predicted molar refractivity (Wildman–Crippen MR) is 79.2 cm³/mol. The molecule has 0 aromatic heterocycles. The van der Waals surface area contributed by atoms with E-state index in [-0.39, 0.29) is 21.9 Å². The standard InChI is InChI=1S/C11H14BrCl2NO2S/c1-7(6-12)8(2)15-18(16,17)9-3-4-10(13)11(14)5-9/h3-5,7-8,15H,6H2,1-2H3. The summed E-state index contributed by atoms with van der Waals surface area (Å²) in [6, 6.07) is 4.07. The highest BCUT2D eigenvalue weighted by molar-refractivity contribution is 9.09. The van der Waals surface area contributed by atoms with Crippen molar-refractivity contribution in [2.75, 3.05) is 5.33 Å². The number of benzene rings is 1. The molecule has 7 heteroatoms. The highest BCUT2D eigenvalue weighted by atomic mass is 79.9. The van der Waals surface area contributed by atoms with E-state index in [2.05, 4.69) is 20.7 Å². The Kier molecular flexibility index (Phi) is 5.93. The van der Waals surface area contributed by atoms with E-state index >= 15 is 0 Å². The lowest BCUT2D eigenvalue weighted by molar-refractivity contribution is 0.484. The molecule has 0 fully saturated rings. The maximum atomic E-state index is 12.1. The van der Waals surface area contributed by atoms with Crippen molar-refractivity contribution in [1.29, 1.82) is 0 Å². The fourth-order valence-electron chi connectivity index (χ4n) is 1.21. The average Bonchev–Trinajstić information content (AvgIpc) is 2.30. The lowest BCUT2D eigenvalue weighted by atomic mass is 10.1. The monoisotopic (exact) mass is 373 g/mol. The summed E-state index contributed by atoms with van der Waals surface area (Å²) in [6.07, 6.45) is 0. The van der Waals surface area contributed by atoms with Gasteiger partial charge in [-0.25, -0.2) is 13.1 Å². The second kappa shape index (κ2) is 6.57. The van der Waals surface area contributed by atoms with Crippen LogP contribution in [0.5, 0.6) is 0 Å². The average molecular weight is 375 g/mol. The topological polar surface area (TPSA) is 46.2 Å². The minimum absolute atomic E-state index is 0.116. The van der Waals surface area contributed by atoms with E-state index in [9.17, 15) is 8.42 Å². The highest BCUT2D eigenvalue weighted by Gasteiger charge is 2.21. The number of halogens is 3. The van der Waals surface area contributed by atoms with Crippen molar-refractivity contribution >= 4 is 49.2 Å². The van der Waals surface area contributed by atoms with Gasteiger partial charge in [0.15, 0.2) is 0 Å². The third-order valence-electron chi connectivity index (χ3n) is 2.64. The smallest absolute Gasteiger partial charge is 0.208 e. The molecule has 0 saturated carbocycles. The second-order valence-electron chi connectivity index (χ2n) is 4.12. The molecular formula is C11H14BrCl2NO2S. The van der Waals surface area contributed by atoms with Gasteiger partial charge in [-0.2, -0.15) is 0 Å². The third-order valence-corrected chi connectivity index (χ3v) is 5.96. The van der Waals surface area contributed by atoms with Gasteiger partial charge in [-0.1, -0.05) is 46.1 Å². The van der Waals surface area contributed by atoms with Crippen LogP contribution in [0.25, 0.3) is 0 Å². The number of hydrogen-bond donors (Lipinski definition) is 1. The Labute approximate surface area is 126 Å². The molecule has 1 rings (SSSR count). The van der Waals surface area contributed by atoms with Gasteiger partial charge in [0.1, 0.15) is 0 Å². The summed E-state index contributed by atoms with van der Waals surface area (Å²) in [7, 11) is -3.57. The summed E-state index contributed by atoms with van der Waals surface area (Å²) in [4.78, 5) is 0.116. The van der Waals surface area contributed by atoms with Gasteiger partial charge in [0.05, 0.1) is 14.9 Å². The van der Waals surface area contributed by atoms with Crippen LogP contribution in [-0.2, 0) is 10.0 Å². The second-order valence-corrected chi connectivity index (χ2v) is 7.29. The van der Waals surface area contributed by atoms with Gasteiger partial charge in [-0.15, -0.1) is 0 Å². The van der Waals surface area contributed by atoms with Crippen molar-refractivity contribution in [3.8, 4) is 0 Å². The van der Waals surface area contributed by atoms with Gasteiger partial charge >= 0.3 is 0 Å². The zero-order chi connectivity index (χ0) is 13.9. The van der Waals surface area contributed by atoms with Crippen molar-refractivity contribution in [2.24, 2.45) is 5.92 Å². The van der Waals surface area contributed by atoms with Crippen molar-refractivity contribution in [1.82, 2.24) is 4.72 Å². The molecule has 0 aliphatic rings. The molecule has 102 valence electrons. The molecule has 1 N–H and O–H groups in total. The molecule has 2 atom stereocenters. The lowest BCUT2D eigenvalue weighted by Crippen LogP contribution is -2.37. The summed E-state index contributed by atoms with van der Waals surface area (Å²) in [5.74, 6) is 0.183. The molecular weight excluding hydrogens is 361 g/mol. The Bertz CT molecular complexity index is 522. The summed E-state index contributed by atoms with van der Waals surface area (Å²) in [5, 5.41) is 1.27. The van der Waals surface area contributed by atoms with Crippen molar-refractivity contribution in [2.45, 2.75) is 24.8 Å². The van der Waals surface area contributed by atoms with Crippen molar-refractivity contribution < 1.29 is 8.42 Å². The van der Waals surface area contributed by atoms with Gasteiger partial charge in [0.2, 0.25) is 10.0 Å². The molecule has 0 spiro atoms. The predicted octanol–water partition coefficient (Wildman–Crippen LogP) is 3.69. The van der Waals surface area contributed by atoms with Gasteiger partial charge in [-0.3, -0.25) is 0 Å². The van der Waals surface area contributed by atoms with E-state index in [1.807, 2.05) is 13.8 Å². The van der Waals surface area contributed by atoms with Crippen LogP contribution in [0.15, 0.2) is 23.1 Å². The van der Waals surface area contributed by atoms with Crippen LogP contribution in [0.2, 0.25) is 10.0 Å². The highest BCUT2D eigenvalue weighted by Crippen LogP contribution is 2.25. The van der Waals surface area contributed by atoms with Crippen LogP contribution >= 0.6 is 39.1 Å². The van der Waals surface area contributed by atoms with Gasteiger partial charge < -0.3 is 0 Å². The fraction of sp³-hybridized carbons (Fsp3) is 0.455. The first-order chi connectivity index (χ1) is 8.27. The van der Waals surface area contributed by atoms with Crippen LogP contribution in [0.1, 0.15) is 13.8 Å². The number of alkyl halides is 1. The molecule has 0 heterocycles. The lowest BCUT2D eigenvalue weighted by Gasteiger charge is -2.19. The van der Waals surface area contributed by atoms with Crippen LogP contribution < -0.4 is 4.72 Å². The zero-order valence-corrected chi connectivity index (χ0v) is 13.9. The van der Waals surface area contributed by atoms with Crippen LogP contribution in [0.3, 0.4) is 0 Å². The Balaban J connectivity index is 2.96. The summed E-state index contributed by atoms with van der Waals surface area (Å²) in [6.45, 7) is 3.78. The molecule has 1 aromatic carbocycles. The molecule has 3 nitrogen and oxygen atoms in total. The van der Waals surface area contributed by atoms with Crippen LogP contribution in [0, 0.1) is 5.92 Å². The van der Waals surface area contributed by atoms with E-state index in [1.54, 1.807) is 0 Å². The molecule has 1 aromatic rings. The van der Waals surface area contributed by atoms with Crippen LogP contribution in [-0.4, -0.2) is 19.8 Å². The molecule has 0 bridgehead atoms. The Morgan fingerprint density at radius 3 is 2.39 bits per heavy atom. The molecule has 0 amide bonds. The third kappa shape index (κ3) is 4.10. The molecule has 0 aliphatic heterocycles. The first-order valence-electron chi connectivity index (χ1n) is 5.31. The first kappa shape index (κ1) is 16.2.